The highest BCUT2D eigenvalue weighted by molar-refractivity contribution is 6.09. The minimum atomic E-state index is -0.567. The molecule has 0 aliphatic carbocycles. The van der Waals surface area contributed by atoms with Crippen LogP contribution in [0, 0.1) is 0 Å². The normalized spacial score (nSPS) is 15.7. The van der Waals surface area contributed by atoms with Crippen molar-refractivity contribution in [2.45, 2.75) is 32.3 Å². The third-order valence-electron chi connectivity index (χ3n) is 5.53. The number of carbonyl (C=O) groups excluding carboxylic acids is 1. The predicted octanol–water partition coefficient (Wildman–Crippen LogP) is 4.50. The van der Waals surface area contributed by atoms with Gasteiger partial charge in [-0.3, -0.25) is 0 Å². The van der Waals surface area contributed by atoms with E-state index >= 15 is 0 Å². The van der Waals surface area contributed by atoms with Crippen molar-refractivity contribution in [1.29, 1.82) is 0 Å². The molecule has 1 N–H and O–H groups in total. The Labute approximate surface area is 182 Å². The summed E-state index contributed by atoms with van der Waals surface area (Å²) in [5.74, 6) is 0.634. The molecule has 1 atom stereocenters. The van der Waals surface area contributed by atoms with Gasteiger partial charge in [0.2, 0.25) is 0 Å². The lowest BCUT2D eigenvalue weighted by molar-refractivity contribution is 0.0528. The molecule has 3 aromatic rings. The van der Waals surface area contributed by atoms with Gasteiger partial charge in [-0.15, -0.1) is 0 Å². The molecular formula is C25H29NO5. The number of nitrogens with zero attached hydrogens (tertiary/aromatic N) is 1. The monoisotopic (exact) mass is 423 g/mol. The van der Waals surface area contributed by atoms with Crippen molar-refractivity contribution >= 4 is 16.9 Å². The minimum absolute atomic E-state index is 0.195. The highest BCUT2D eigenvalue weighted by Gasteiger charge is 2.24. The van der Waals surface area contributed by atoms with Crippen molar-refractivity contribution in [1.82, 2.24) is 4.90 Å². The summed E-state index contributed by atoms with van der Waals surface area (Å²) in [7, 11) is 0. The first-order chi connectivity index (χ1) is 15.2. The smallest absolute Gasteiger partial charge is 0.342 e. The third kappa shape index (κ3) is 5.09. The van der Waals surface area contributed by atoms with Gasteiger partial charge in [-0.05, 0) is 51.1 Å². The Hall–Kier alpha value is -2.83. The van der Waals surface area contributed by atoms with Gasteiger partial charge >= 0.3 is 5.97 Å². The van der Waals surface area contributed by atoms with E-state index in [1.165, 1.54) is 19.3 Å². The molecular weight excluding hydrogens is 394 g/mol. The summed E-state index contributed by atoms with van der Waals surface area (Å²) in [5, 5.41) is 11.0. The molecule has 0 unspecified atom stereocenters. The zero-order valence-corrected chi connectivity index (χ0v) is 17.9. The average molecular weight is 424 g/mol. The summed E-state index contributed by atoms with van der Waals surface area (Å²) < 4.78 is 17.2. The number of aliphatic hydroxyl groups is 1. The van der Waals surface area contributed by atoms with Crippen molar-refractivity contribution < 1.29 is 23.8 Å². The molecule has 0 saturated carbocycles. The van der Waals surface area contributed by atoms with Gasteiger partial charge in [-0.1, -0.05) is 36.8 Å². The molecule has 4 rings (SSSR count). The minimum Gasteiger partial charge on any atom is -0.491 e. The Kier molecular flexibility index (Phi) is 6.89. The largest absolute Gasteiger partial charge is 0.491 e. The van der Waals surface area contributed by atoms with Gasteiger partial charge in [0.25, 0.3) is 0 Å². The second kappa shape index (κ2) is 9.98. The summed E-state index contributed by atoms with van der Waals surface area (Å²) >= 11 is 0. The number of carbonyl (C=O) groups is 1. The lowest BCUT2D eigenvalue weighted by atomic mass is 10.1. The molecule has 0 amide bonds. The standard InChI is InChI=1S/C25H29NO5/c1-2-29-25(28)23-21-15-20(30-17-19(27)16-26-13-7-4-8-14-26)11-12-22(21)31-24(23)18-9-5-3-6-10-18/h3,5-6,9-12,15,19,27H,2,4,7-8,13-14,16-17H2,1H3/t19-/m0/s1. The van der Waals surface area contributed by atoms with Crippen LogP contribution in [0.25, 0.3) is 22.3 Å². The Bertz CT molecular complexity index is 1010. The van der Waals surface area contributed by atoms with Crippen molar-refractivity contribution in [2.75, 3.05) is 32.8 Å². The van der Waals surface area contributed by atoms with E-state index < -0.39 is 12.1 Å². The van der Waals surface area contributed by atoms with Crippen LogP contribution in [0.2, 0.25) is 0 Å². The molecule has 6 nitrogen and oxygen atoms in total. The first kappa shape index (κ1) is 21.4. The fourth-order valence-electron chi connectivity index (χ4n) is 4.05. The first-order valence-electron chi connectivity index (χ1n) is 11.0. The molecule has 2 aromatic carbocycles. The summed E-state index contributed by atoms with van der Waals surface area (Å²) in [6.45, 7) is 4.92. The van der Waals surface area contributed by atoms with Crippen LogP contribution < -0.4 is 4.74 Å². The molecule has 164 valence electrons. The SMILES string of the molecule is CCOC(=O)c1c(-c2ccccc2)oc2ccc(OC[C@@H](O)CN3CCCCC3)cc12. The van der Waals surface area contributed by atoms with Crippen LogP contribution in [0.5, 0.6) is 5.75 Å². The van der Waals surface area contributed by atoms with Gasteiger partial charge in [-0.2, -0.15) is 0 Å². The van der Waals surface area contributed by atoms with Gasteiger partial charge in [0.1, 0.15) is 35.4 Å². The van der Waals surface area contributed by atoms with Crippen LogP contribution in [0.3, 0.4) is 0 Å². The van der Waals surface area contributed by atoms with Gasteiger partial charge in [-0.25, -0.2) is 4.79 Å². The summed E-state index contributed by atoms with van der Waals surface area (Å²) in [6, 6.07) is 14.9. The van der Waals surface area contributed by atoms with Crippen molar-refractivity contribution in [3.63, 3.8) is 0 Å². The highest BCUT2D eigenvalue weighted by atomic mass is 16.5. The quantitative estimate of drug-likeness (QED) is 0.538. The van der Waals surface area contributed by atoms with Gasteiger partial charge < -0.3 is 23.9 Å². The topological polar surface area (TPSA) is 72.1 Å². The highest BCUT2D eigenvalue weighted by Crippen LogP contribution is 2.36. The predicted molar refractivity (Wildman–Crippen MR) is 119 cm³/mol. The first-order valence-corrected chi connectivity index (χ1v) is 11.0. The molecule has 31 heavy (non-hydrogen) atoms. The summed E-state index contributed by atoms with van der Waals surface area (Å²) in [5.41, 5.74) is 1.78. The van der Waals surface area contributed by atoms with E-state index in [9.17, 15) is 9.90 Å². The molecule has 1 aliphatic heterocycles. The number of ether oxygens (including phenoxy) is 2. The zero-order valence-electron chi connectivity index (χ0n) is 17.9. The molecule has 1 aromatic heterocycles. The summed E-state index contributed by atoms with van der Waals surface area (Å²) in [6.07, 6.45) is 3.07. The van der Waals surface area contributed by atoms with Crippen LogP contribution >= 0.6 is 0 Å². The number of hydrogen-bond acceptors (Lipinski definition) is 6. The average Bonchev–Trinajstić information content (AvgIpc) is 3.18. The number of fused-ring (bicyclic) bond motifs is 1. The maximum Gasteiger partial charge on any atom is 0.342 e. The van der Waals surface area contributed by atoms with Crippen molar-refractivity contribution in [3.8, 4) is 17.1 Å². The van der Waals surface area contributed by atoms with E-state index in [2.05, 4.69) is 4.90 Å². The maximum absolute atomic E-state index is 12.7. The lowest BCUT2D eigenvalue weighted by Crippen LogP contribution is -2.38. The second-order valence-electron chi connectivity index (χ2n) is 7.88. The number of furan rings is 1. The number of aliphatic hydroxyl groups excluding tert-OH is 1. The van der Waals surface area contributed by atoms with Crippen LogP contribution in [0.4, 0.5) is 0 Å². The number of piperidine rings is 1. The number of benzene rings is 2. The van der Waals surface area contributed by atoms with E-state index in [1.54, 1.807) is 25.1 Å². The molecule has 0 radical (unpaired) electrons. The molecule has 0 bridgehead atoms. The number of β-amino-alcohol motifs (C(OH)–C–C–N with tert-alkyl or cyclic N) is 1. The fourth-order valence-corrected chi connectivity index (χ4v) is 4.05. The van der Waals surface area contributed by atoms with Crippen LogP contribution in [0.15, 0.2) is 52.9 Å². The number of rotatable bonds is 8. The molecule has 0 spiro atoms. The van der Waals surface area contributed by atoms with Crippen LogP contribution in [-0.2, 0) is 4.74 Å². The fraction of sp³-hybridized carbons (Fsp3) is 0.400. The molecule has 1 saturated heterocycles. The molecule has 2 heterocycles. The molecule has 6 heteroatoms. The van der Waals surface area contributed by atoms with E-state index in [0.29, 0.717) is 34.6 Å². The molecule has 1 aliphatic rings. The van der Waals surface area contributed by atoms with Crippen molar-refractivity contribution in [3.05, 3.63) is 54.1 Å². The van der Waals surface area contributed by atoms with E-state index in [4.69, 9.17) is 13.9 Å². The zero-order chi connectivity index (χ0) is 21.6. The number of likely N-dealkylation sites (tertiary alicyclic amines) is 1. The Balaban J connectivity index is 1.55. The van der Waals surface area contributed by atoms with Crippen LogP contribution in [-0.4, -0.2) is 54.9 Å². The summed E-state index contributed by atoms with van der Waals surface area (Å²) in [4.78, 5) is 15.0. The maximum atomic E-state index is 12.7. The number of esters is 1. The van der Waals surface area contributed by atoms with E-state index in [-0.39, 0.29) is 13.2 Å². The second-order valence-corrected chi connectivity index (χ2v) is 7.88. The van der Waals surface area contributed by atoms with Gasteiger partial charge in [0.05, 0.1) is 6.61 Å². The third-order valence-corrected chi connectivity index (χ3v) is 5.53. The van der Waals surface area contributed by atoms with Crippen molar-refractivity contribution in [2.24, 2.45) is 0 Å². The Morgan fingerprint density at radius 1 is 1.13 bits per heavy atom. The van der Waals surface area contributed by atoms with Gasteiger partial charge in [0, 0.05) is 17.5 Å². The Morgan fingerprint density at radius 3 is 2.65 bits per heavy atom. The number of hydrogen-bond donors (Lipinski definition) is 1. The lowest BCUT2D eigenvalue weighted by Gasteiger charge is -2.28. The molecule has 1 fully saturated rings. The van der Waals surface area contributed by atoms with Crippen LogP contribution in [0.1, 0.15) is 36.5 Å². The van der Waals surface area contributed by atoms with Gasteiger partial charge in [0.15, 0.2) is 0 Å². The van der Waals surface area contributed by atoms with E-state index in [1.807, 2.05) is 30.3 Å². The van der Waals surface area contributed by atoms with E-state index in [0.717, 1.165) is 18.7 Å². The Morgan fingerprint density at radius 2 is 1.90 bits per heavy atom.